The van der Waals surface area contributed by atoms with Gasteiger partial charge in [-0.1, -0.05) is 30.3 Å². The lowest BCUT2D eigenvalue weighted by Crippen LogP contribution is -2.38. The lowest BCUT2D eigenvalue weighted by Gasteiger charge is -2.30. The first-order chi connectivity index (χ1) is 15.7. The van der Waals surface area contributed by atoms with E-state index in [1.165, 1.54) is 0 Å². The maximum atomic E-state index is 12.8. The summed E-state index contributed by atoms with van der Waals surface area (Å²) in [4.78, 5) is 27.0. The number of amides is 2. The number of ether oxygens (including phenoxy) is 1. The van der Waals surface area contributed by atoms with Gasteiger partial charge in [-0.3, -0.25) is 9.59 Å². The summed E-state index contributed by atoms with van der Waals surface area (Å²) < 4.78 is 7.57. The van der Waals surface area contributed by atoms with E-state index in [0.717, 1.165) is 11.3 Å². The minimum atomic E-state index is -0.221. The van der Waals surface area contributed by atoms with E-state index in [9.17, 15) is 9.59 Å². The zero-order valence-corrected chi connectivity index (χ0v) is 17.3. The molecule has 5 rings (SSSR count). The zero-order valence-electron chi connectivity index (χ0n) is 17.3. The molecule has 4 aromatic rings. The number of benzene rings is 3. The van der Waals surface area contributed by atoms with Gasteiger partial charge in [0.1, 0.15) is 5.75 Å². The van der Waals surface area contributed by atoms with Gasteiger partial charge in [0.05, 0.1) is 12.2 Å². The number of fused-ring (bicyclic) bond motifs is 1. The Morgan fingerprint density at radius 1 is 0.906 bits per heavy atom. The van der Waals surface area contributed by atoms with E-state index in [-0.39, 0.29) is 18.4 Å². The third-order valence-electron chi connectivity index (χ3n) is 5.38. The largest absolute Gasteiger partial charge is 0.482 e. The summed E-state index contributed by atoms with van der Waals surface area (Å²) >= 11 is 0. The van der Waals surface area contributed by atoms with E-state index in [4.69, 9.17) is 4.74 Å². The molecular formula is C26H21N3O3. The van der Waals surface area contributed by atoms with Gasteiger partial charge < -0.3 is 19.5 Å². The van der Waals surface area contributed by atoms with Crippen LogP contribution in [-0.2, 0) is 11.3 Å². The smallest absolute Gasteiger partial charge is 0.265 e. The summed E-state index contributed by atoms with van der Waals surface area (Å²) in [6.07, 6.45) is 3.90. The molecule has 0 spiro atoms. The molecule has 6 nitrogen and oxygen atoms in total. The maximum Gasteiger partial charge on any atom is 0.265 e. The SMILES string of the molecule is O=C(Nc1ccc2c(c1)N(Cc1ccccc1)C(=O)CO2)c1ccc(-n2cccc2)cc1. The van der Waals surface area contributed by atoms with Gasteiger partial charge in [0.2, 0.25) is 0 Å². The minimum absolute atomic E-state index is 0.000711. The van der Waals surface area contributed by atoms with Gasteiger partial charge in [-0.05, 0) is 60.2 Å². The Labute approximate surface area is 185 Å². The van der Waals surface area contributed by atoms with Crippen molar-refractivity contribution in [2.45, 2.75) is 6.54 Å². The van der Waals surface area contributed by atoms with Gasteiger partial charge in [0.25, 0.3) is 11.8 Å². The number of carbonyl (C=O) groups excluding carboxylic acids is 2. The highest BCUT2D eigenvalue weighted by molar-refractivity contribution is 6.05. The van der Waals surface area contributed by atoms with E-state index in [1.807, 2.05) is 71.6 Å². The molecule has 32 heavy (non-hydrogen) atoms. The molecule has 3 aromatic carbocycles. The Balaban J connectivity index is 1.36. The van der Waals surface area contributed by atoms with Crippen LogP contribution in [0.15, 0.2) is 97.3 Å². The second-order valence-electron chi connectivity index (χ2n) is 7.53. The van der Waals surface area contributed by atoms with E-state index < -0.39 is 0 Å². The van der Waals surface area contributed by atoms with Crippen LogP contribution >= 0.6 is 0 Å². The molecular weight excluding hydrogens is 402 g/mol. The second kappa shape index (κ2) is 8.43. The first kappa shape index (κ1) is 19.6. The first-order valence-corrected chi connectivity index (χ1v) is 10.3. The van der Waals surface area contributed by atoms with Gasteiger partial charge in [0, 0.05) is 29.3 Å². The Bertz CT molecular complexity index is 1250. The number of nitrogens with one attached hydrogen (secondary N) is 1. The van der Waals surface area contributed by atoms with Crippen LogP contribution in [0.4, 0.5) is 11.4 Å². The molecule has 158 valence electrons. The van der Waals surface area contributed by atoms with Crippen molar-refractivity contribution in [1.82, 2.24) is 4.57 Å². The molecule has 1 N–H and O–H groups in total. The Morgan fingerprint density at radius 3 is 2.41 bits per heavy atom. The molecule has 2 heterocycles. The number of rotatable bonds is 5. The van der Waals surface area contributed by atoms with Gasteiger partial charge >= 0.3 is 0 Å². The summed E-state index contributed by atoms with van der Waals surface area (Å²) in [5, 5.41) is 2.92. The molecule has 0 bridgehead atoms. The number of hydrogen-bond acceptors (Lipinski definition) is 3. The van der Waals surface area contributed by atoms with Gasteiger partial charge in [-0.15, -0.1) is 0 Å². The van der Waals surface area contributed by atoms with Crippen molar-refractivity contribution in [3.8, 4) is 11.4 Å². The lowest BCUT2D eigenvalue weighted by atomic mass is 10.1. The normalized spacial score (nSPS) is 12.8. The molecule has 0 atom stereocenters. The molecule has 0 saturated carbocycles. The quantitative estimate of drug-likeness (QED) is 0.508. The highest BCUT2D eigenvalue weighted by atomic mass is 16.5. The number of carbonyl (C=O) groups is 2. The molecule has 1 aromatic heterocycles. The van der Waals surface area contributed by atoms with Crippen LogP contribution in [0.2, 0.25) is 0 Å². The van der Waals surface area contributed by atoms with E-state index in [2.05, 4.69) is 5.32 Å². The number of hydrogen-bond donors (Lipinski definition) is 1. The van der Waals surface area contributed by atoms with Crippen molar-refractivity contribution in [2.24, 2.45) is 0 Å². The van der Waals surface area contributed by atoms with Crippen molar-refractivity contribution in [3.05, 3.63) is 108 Å². The topological polar surface area (TPSA) is 63.6 Å². The fourth-order valence-electron chi connectivity index (χ4n) is 3.71. The summed E-state index contributed by atoms with van der Waals surface area (Å²) in [5.41, 5.74) is 3.79. The summed E-state index contributed by atoms with van der Waals surface area (Å²) in [7, 11) is 0. The van der Waals surface area contributed by atoms with Crippen LogP contribution in [0, 0.1) is 0 Å². The Morgan fingerprint density at radius 2 is 1.66 bits per heavy atom. The van der Waals surface area contributed by atoms with Crippen LogP contribution in [0.5, 0.6) is 5.75 Å². The highest BCUT2D eigenvalue weighted by Crippen LogP contribution is 2.35. The molecule has 0 unspecified atom stereocenters. The standard InChI is InChI=1S/C26H21N3O3/c30-25-18-32-24-13-10-21(16-23(24)29(25)17-19-6-2-1-3-7-19)27-26(31)20-8-11-22(12-9-20)28-14-4-5-15-28/h1-16H,17-18H2,(H,27,31). The molecule has 0 aliphatic carbocycles. The fourth-order valence-corrected chi connectivity index (χ4v) is 3.71. The van der Waals surface area contributed by atoms with Gasteiger partial charge in [0.15, 0.2) is 6.61 Å². The summed E-state index contributed by atoms with van der Waals surface area (Å²) in [6, 6.07) is 26.4. The van der Waals surface area contributed by atoms with Crippen LogP contribution in [-0.4, -0.2) is 23.0 Å². The average Bonchev–Trinajstić information content (AvgIpc) is 3.37. The van der Waals surface area contributed by atoms with Crippen LogP contribution < -0.4 is 15.0 Å². The Hall–Kier alpha value is -4.32. The molecule has 0 radical (unpaired) electrons. The van der Waals surface area contributed by atoms with Crippen LogP contribution in [0.1, 0.15) is 15.9 Å². The average molecular weight is 423 g/mol. The third kappa shape index (κ3) is 3.98. The molecule has 1 aliphatic rings. The fraction of sp³-hybridized carbons (Fsp3) is 0.0769. The monoisotopic (exact) mass is 423 g/mol. The maximum absolute atomic E-state index is 12.8. The van der Waals surface area contributed by atoms with Crippen LogP contribution in [0.25, 0.3) is 5.69 Å². The summed E-state index contributed by atoms with van der Waals surface area (Å²) in [6.45, 7) is 0.438. The predicted molar refractivity (Wildman–Crippen MR) is 123 cm³/mol. The minimum Gasteiger partial charge on any atom is -0.482 e. The zero-order chi connectivity index (χ0) is 21.9. The molecule has 2 amide bonds. The number of nitrogens with zero attached hydrogens (tertiary/aromatic N) is 2. The van der Waals surface area contributed by atoms with Crippen molar-refractivity contribution in [2.75, 3.05) is 16.8 Å². The number of aromatic nitrogens is 1. The van der Waals surface area contributed by atoms with Crippen LogP contribution in [0.3, 0.4) is 0 Å². The van der Waals surface area contributed by atoms with Crippen molar-refractivity contribution in [3.63, 3.8) is 0 Å². The first-order valence-electron chi connectivity index (χ1n) is 10.3. The third-order valence-corrected chi connectivity index (χ3v) is 5.38. The van der Waals surface area contributed by atoms with Gasteiger partial charge in [-0.2, -0.15) is 0 Å². The second-order valence-corrected chi connectivity index (χ2v) is 7.53. The highest BCUT2D eigenvalue weighted by Gasteiger charge is 2.26. The van der Waals surface area contributed by atoms with E-state index in [1.54, 1.807) is 35.2 Å². The van der Waals surface area contributed by atoms with Crippen molar-refractivity contribution in [1.29, 1.82) is 0 Å². The molecule has 6 heteroatoms. The lowest BCUT2D eigenvalue weighted by molar-refractivity contribution is -0.121. The van der Waals surface area contributed by atoms with E-state index >= 15 is 0 Å². The van der Waals surface area contributed by atoms with Crippen molar-refractivity contribution < 1.29 is 14.3 Å². The number of anilines is 2. The van der Waals surface area contributed by atoms with Crippen molar-refractivity contribution >= 4 is 23.2 Å². The molecule has 1 aliphatic heterocycles. The van der Waals surface area contributed by atoms with E-state index in [0.29, 0.717) is 29.2 Å². The molecule has 0 saturated heterocycles. The Kier molecular flexibility index (Phi) is 5.17. The predicted octanol–water partition coefficient (Wildman–Crippen LogP) is 4.66. The summed E-state index contributed by atoms with van der Waals surface area (Å²) in [5.74, 6) is 0.279. The molecule has 0 fully saturated rings. The van der Waals surface area contributed by atoms with Gasteiger partial charge in [-0.25, -0.2) is 0 Å².